The van der Waals surface area contributed by atoms with Crippen LogP contribution in [0.2, 0.25) is 0 Å². The van der Waals surface area contributed by atoms with Crippen molar-refractivity contribution in [1.82, 2.24) is 0 Å². The van der Waals surface area contributed by atoms with Gasteiger partial charge >= 0.3 is 6.11 Å². The Kier molecular flexibility index (Phi) is 7.98. The van der Waals surface area contributed by atoms with Gasteiger partial charge in [-0.2, -0.15) is 21.4 Å². The Bertz CT molecular complexity index is 1200. The van der Waals surface area contributed by atoms with Crippen molar-refractivity contribution in [2.24, 2.45) is 28.1 Å². The highest BCUT2D eigenvalue weighted by Gasteiger charge is 2.48. The lowest BCUT2D eigenvalue weighted by molar-refractivity contribution is -0.177. The minimum absolute atomic E-state index is 0.101. The molecule has 206 valence electrons. The summed E-state index contributed by atoms with van der Waals surface area (Å²) in [5.41, 5.74) is 3.10. The van der Waals surface area contributed by atoms with Gasteiger partial charge in [-0.15, -0.1) is 0 Å². The summed E-state index contributed by atoms with van der Waals surface area (Å²) in [6.07, 6.45) is 19.7. The van der Waals surface area contributed by atoms with Crippen LogP contribution < -0.4 is 0 Å². The Morgan fingerprint density at radius 1 is 0.947 bits per heavy atom. The quantitative estimate of drug-likeness (QED) is 0.303. The maximum atomic E-state index is 16.1. The van der Waals surface area contributed by atoms with E-state index in [4.69, 9.17) is 4.74 Å². The first kappa shape index (κ1) is 28.9. The highest BCUT2D eigenvalue weighted by Crippen LogP contribution is 2.55. The van der Waals surface area contributed by atoms with Crippen molar-refractivity contribution in [1.29, 1.82) is 0 Å². The van der Waals surface area contributed by atoms with Crippen molar-refractivity contribution < 1.29 is 13.5 Å². The second-order valence-corrected chi connectivity index (χ2v) is 13.3. The molecule has 1 fully saturated rings. The maximum absolute atomic E-state index is 16.1. The molecule has 4 aliphatic rings. The lowest BCUT2D eigenvalue weighted by Crippen LogP contribution is -2.26. The number of thiol groups is 1. The minimum Gasteiger partial charge on any atom is -0.429 e. The third-order valence-electron chi connectivity index (χ3n) is 8.53. The van der Waals surface area contributed by atoms with E-state index in [0.29, 0.717) is 17.6 Å². The number of hydrogen-bond acceptors (Lipinski definition) is 2. The molecule has 4 unspecified atom stereocenters. The van der Waals surface area contributed by atoms with Crippen LogP contribution in [0.15, 0.2) is 94.4 Å². The molecule has 0 spiro atoms. The molecule has 4 aliphatic carbocycles. The van der Waals surface area contributed by atoms with E-state index in [1.807, 2.05) is 25.2 Å². The van der Waals surface area contributed by atoms with E-state index in [1.165, 1.54) is 0 Å². The van der Waals surface area contributed by atoms with Crippen LogP contribution in [0.3, 0.4) is 0 Å². The van der Waals surface area contributed by atoms with Gasteiger partial charge in [-0.1, -0.05) is 94.7 Å². The number of hydrogen-bond donors (Lipinski definition) is 1. The van der Waals surface area contributed by atoms with Crippen molar-refractivity contribution in [2.45, 2.75) is 80.3 Å². The smallest absolute Gasteiger partial charge is 0.426 e. The Morgan fingerprint density at radius 3 is 2.34 bits per heavy atom. The Labute approximate surface area is 234 Å². The highest BCUT2D eigenvalue weighted by atomic mass is 32.1. The van der Waals surface area contributed by atoms with Crippen LogP contribution in [-0.2, 0) is 4.74 Å². The van der Waals surface area contributed by atoms with Gasteiger partial charge < -0.3 is 4.74 Å². The average molecular weight is 539 g/mol. The summed E-state index contributed by atoms with van der Waals surface area (Å²) in [4.78, 5) is 0. The summed E-state index contributed by atoms with van der Waals surface area (Å²) >= 11 is 4.43. The van der Waals surface area contributed by atoms with Gasteiger partial charge in [-0.3, -0.25) is 0 Å². The van der Waals surface area contributed by atoms with Crippen molar-refractivity contribution in [3.05, 3.63) is 94.4 Å². The molecule has 0 amide bonds. The molecule has 0 heterocycles. The fourth-order valence-electron chi connectivity index (χ4n) is 6.66. The monoisotopic (exact) mass is 538 g/mol. The van der Waals surface area contributed by atoms with E-state index in [2.05, 4.69) is 78.5 Å². The Balaban J connectivity index is 1.73. The van der Waals surface area contributed by atoms with E-state index < -0.39 is 11.5 Å². The second kappa shape index (κ2) is 10.5. The van der Waals surface area contributed by atoms with E-state index in [0.717, 1.165) is 48.0 Å². The van der Waals surface area contributed by atoms with Gasteiger partial charge in [0.25, 0.3) is 0 Å². The standard InChI is InChI=1S/C34H44F2OS/c1-8-25-17-29(25)33(7)19-23(2)10-13-28(21-33)37-34(35,36)27-12-11-26-16-24(3)18-31(4,5)22-30(26)32(6,20-27)14-9-15-38/h10-13,16,18-22,25,29,38H,8-9,14-15,17H2,1-7H3. The predicted molar refractivity (Wildman–Crippen MR) is 159 cm³/mol. The highest BCUT2D eigenvalue weighted by molar-refractivity contribution is 7.80. The van der Waals surface area contributed by atoms with Crippen LogP contribution >= 0.6 is 12.6 Å². The zero-order valence-corrected chi connectivity index (χ0v) is 25.0. The summed E-state index contributed by atoms with van der Waals surface area (Å²) in [7, 11) is 0. The topological polar surface area (TPSA) is 9.23 Å². The molecule has 0 aromatic rings. The third-order valence-corrected chi connectivity index (χ3v) is 8.84. The fraction of sp³-hybridized carbons (Fsp3) is 0.529. The molecule has 0 bridgehead atoms. The number of fused-ring (bicyclic) bond motifs is 1. The predicted octanol–water partition coefficient (Wildman–Crippen LogP) is 10.1. The fourth-order valence-corrected chi connectivity index (χ4v) is 6.82. The van der Waals surface area contributed by atoms with Crippen LogP contribution in [0.5, 0.6) is 0 Å². The molecule has 4 rings (SSSR count). The molecule has 0 saturated heterocycles. The van der Waals surface area contributed by atoms with Gasteiger partial charge in [0.15, 0.2) is 0 Å². The molecule has 4 atom stereocenters. The molecule has 38 heavy (non-hydrogen) atoms. The van der Waals surface area contributed by atoms with E-state index in [1.54, 1.807) is 18.2 Å². The SMILES string of the molecule is CCC1CC1C1(C)C=C(C)C=CC(OC(F)(F)C2=CC(C)(CCCS)C3=CC(C)(C)C=C(C)C=C3C=C2)=C1. The lowest BCUT2D eigenvalue weighted by atomic mass is 9.72. The molecule has 0 radical (unpaired) electrons. The molecule has 1 nitrogen and oxygen atoms in total. The third kappa shape index (κ3) is 6.22. The van der Waals surface area contributed by atoms with E-state index >= 15 is 8.78 Å². The number of ether oxygens (including phenoxy) is 1. The van der Waals surface area contributed by atoms with E-state index in [9.17, 15) is 0 Å². The van der Waals surface area contributed by atoms with Crippen molar-refractivity contribution >= 4 is 12.6 Å². The zero-order chi connectivity index (χ0) is 27.9. The summed E-state index contributed by atoms with van der Waals surface area (Å²) in [6.45, 7) is 14.8. The first-order valence-electron chi connectivity index (χ1n) is 14.0. The average Bonchev–Trinajstić information content (AvgIpc) is 3.63. The summed E-state index contributed by atoms with van der Waals surface area (Å²) in [6, 6.07) is 0. The van der Waals surface area contributed by atoms with Crippen LogP contribution in [0.1, 0.15) is 74.1 Å². The lowest BCUT2D eigenvalue weighted by Gasteiger charge is -2.32. The molecule has 0 aliphatic heterocycles. The zero-order valence-electron chi connectivity index (χ0n) is 24.1. The normalized spacial score (nSPS) is 32.4. The van der Waals surface area contributed by atoms with Gasteiger partial charge in [0.05, 0.1) is 5.57 Å². The summed E-state index contributed by atoms with van der Waals surface area (Å²) in [5, 5.41) is 0. The van der Waals surface area contributed by atoms with Crippen LogP contribution in [0.4, 0.5) is 8.78 Å². The molecule has 4 heteroatoms. The van der Waals surface area contributed by atoms with Crippen molar-refractivity contribution in [3.8, 4) is 0 Å². The maximum Gasteiger partial charge on any atom is 0.426 e. The van der Waals surface area contributed by atoms with Gasteiger partial charge in [-0.25, -0.2) is 0 Å². The molecule has 0 aromatic carbocycles. The largest absolute Gasteiger partial charge is 0.429 e. The van der Waals surface area contributed by atoms with Crippen LogP contribution in [-0.4, -0.2) is 11.9 Å². The summed E-state index contributed by atoms with van der Waals surface area (Å²) < 4.78 is 37.7. The van der Waals surface area contributed by atoms with Crippen molar-refractivity contribution in [2.75, 3.05) is 5.75 Å². The van der Waals surface area contributed by atoms with Gasteiger partial charge in [-0.05, 0) is 80.1 Å². The summed E-state index contributed by atoms with van der Waals surface area (Å²) in [5.74, 6) is 2.03. The molecule has 0 aromatic heterocycles. The Hall–Kier alpha value is -2.07. The van der Waals surface area contributed by atoms with Gasteiger partial charge in [0, 0.05) is 16.2 Å². The Morgan fingerprint density at radius 2 is 1.68 bits per heavy atom. The number of rotatable bonds is 8. The minimum atomic E-state index is -3.48. The van der Waals surface area contributed by atoms with Gasteiger partial charge in [0.2, 0.25) is 0 Å². The molecule has 1 saturated carbocycles. The number of allylic oxidation sites excluding steroid dienone is 13. The van der Waals surface area contributed by atoms with Crippen molar-refractivity contribution in [3.63, 3.8) is 0 Å². The number of halogens is 2. The molecular weight excluding hydrogens is 494 g/mol. The second-order valence-electron chi connectivity index (χ2n) is 12.8. The first-order chi connectivity index (χ1) is 17.7. The molecular formula is C34H44F2OS. The first-order valence-corrected chi connectivity index (χ1v) is 14.7. The van der Waals surface area contributed by atoms with Crippen LogP contribution in [0, 0.1) is 28.1 Å². The molecule has 0 N–H and O–H groups in total. The van der Waals surface area contributed by atoms with Crippen LogP contribution in [0.25, 0.3) is 0 Å². The number of alkyl halides is 2. The van der Waals surface area contributed by atoms with Gasteiger partial charge in [0.1, 0.15) is 5.76 Å². The van der Waals surface area contributed by atoms with E-state index in [-0.39, 0.29) is 22.2 Å².